The molecule has 0 radical (unpaired) electrons. The van der Waals surface area contributed by atoms with Gasteiger partial charge in [-0.2, -0.15) is 0 Å². The van der Waals surface area contributed by atoms with Crippen molar-refractivity contribution in [3.8, 4) is 0 Å². The lowest BCUT2D eigenvalue weighted by Gasteiger charge is -2.29. The van der Waals surface area contributed by atoms with E-state index in [4.69, 9.17) is 4.98 Å². The maximum absolute atomic E-state index is 13.2. The lowest BCUT2D eigenvalue weighted by atomic mass is 10.0. The van der Waals surface area contributed by atoms with Crippen molar-refractivity contribution in [2.45, 2.75) is 25.8 Å². The minimum Gasteiger partial charge on any atom is -0.352 e. The largest absolute Gasteiger partial charge is 0.352 e. The summed E-state index contributed by atoms with van der Waals surface area (Å²) < 4.78 is 1.97. The van der Waals surface area contributed by atoms with Crippen LogP contribution in [0.15, 0.2) is 61.2 Å². The molecule has 1 N–H and O–H groups in total. The molecule has 3 aromatic rings. The van der Waals surface area contributed by atoms with Crippen molar-refractivity contribution in [3.63, 3.8) is 0 Å². The molecular weight excluding hydrogens is 364 g/mol. The van der Waals surface area contributed by atoms with Gasteiger partial charge in [0.15, 0.2) is 0 Å². The molecule has 1 aliphatic rings. The molecule has 0 saturated carbocycles. The molecule has 0 atom stereocenters. The lowest BCUT2D eigenvalue weighted by Crippen LogP contribution is -2.38. The summed E-state index contributed by atoms with van der Waals surface area (Å²) >= 11 is 0. The summed E-state index contributed by atoms with van der Waals surface area (Å²) in [5.41, 5.74) is 4.00. The van der Waals surface area contributed by atoms with Gasteiger partial charge in [0.1, 0.15) is 12.4 Å². The monoisotopic (exact) mass is 388 g/mol. The number of carbonyl (C=O) groups excluding carboxylic acids is 2. The van der Waals surface area contributed by atoms with Crippen LogP contribution in [-0.2, 0) is 29.0 Å². The van der Waals surface area contributed by atoms with Crippen molar-refractivity contribution in [1.82, 2.24) is 14.9 Å². The number of imidazole rings is 1. The minimum atomic E-state index is -0.214. The second kappa shape index (κ2) is 8.31. The molecule has 0 fully saturated rings. The second-order valence-electron chi connectivity index (χ2n) is 7.13. The van der Waals surface area contributed by atoms with Gasteiger partial charge < -0.3 is 14.8 Å². The van der Waals surface area contributed by atoms with Gasteiger partial charge in [0, 0.05) is 25.2 Å². The van der Waals surface area contributed by atoms with E-state index in [0.29, 0.717) is 13.0 Å². The first-order valence-corrected chi connectivity index (χ1v) is 9.90. The Kier molecular flexibility index (Phi) is 5.42. The highest BCUT2D eigenvalue weighted by Crippen LogP contribution is 2.27. The number of nitrogens with zero attached hydrogens (tertiary/aromatic N) is 3. The van der Waals surface area contributed by atoms with Crippen molar-refractivity contribution >= 4 is 28.5 Å². The first kappa shape index (κ1) is 18.9. The Bertz CT molecular complexity index is 1070. The molecular formula is C23H24N4O2. The van der Waals surface area contributed by atoms with Crippen molar-refractivity contribution in [2.75, 3.05) is 18.0 Å². The van der Waals surface area contributed by atoms with Gasteiger partial charge in [0.05, 0.1) is 11.0 Å². The third-order valence-electron chi connectivity index (χ3n) is 5.27. The van der Waals surface area contributed by atoms with Gasteiger partial charge >= 0.3 is 0 Å². The zero-order valence-electron chi connectivity index (χ0n) is 16.3. The SMILES string of the molecule is C=CC(=O)NCCc1nc2ccccc2n1CC(=O)N1CCCc2ccccc21. The summed E-state index contributed by atoms with van der Waals surface area (Å²) in [6.07, 6.45) is 3.76. The quantitative estimate of drug-likeness (QED) is 0.661. The summed E-state index contributed by atoms with van der Waals surface area (Å²) in [5, 5.41) is 2.78. The van der Waals surface area contributed by atoms with Crippen molar-refractivity contribution in [3.05, 3.63) is 72.6 Å². The molecule has 0 unspecified atom stereocenters. The Morgan fingerprint density at radius 1 is 1.14 bits per heavy atom. The van der Waals surface area contributed by atoms with E-state index >= 15 is 0 Å². The van der Waals surface area contributed by atoms with Crippen molar-refractivity contribution in [2.24, 2.45) is 0 Å². The molecule has 1 aromatic heterocycles. The van der Waals surface area contributed by atoms with Gasteiger partial charge in [-0.3, -0.25) is 9.59 Å². The van der Waals surface area contributed by atoms with Crippen LogP contribution in [0.5, 0.6) is 0 Å². The smallest absolute Gasteiger partial charge is 0.246 e. The molecule has 0 bridgehead atoms. The number of aryl methyl sites for hydroxylation is 1. The Balaban J connectivity index is 1.60. The number of rotatable bonds is 6. The van der Waals surface area contributed by atoms with Gasteiger partial charge in [0.2, 0.25) is 11.8 Å². The van der Waals surface area contributed by atoms with E-state index in [1.54, 1.807) is 0 Å². The topological polar surface area (TPSA) is 67.2 Å². The van der Waals surface area contributed by atoms with Gasteiger partial charge in [-0.1, -0.05) is 36.9 Å². The lowest BCUT2D eigenvalue weighted by molar-refractivity contribution is -0.119. The zero-order chi connectivity index (χ0) is 20.2. The van der Waals surface area contributed by atoms with Crippen LogP contribution >= 0.6 is 0 Å². The Hall–Kier alpha value is -3.41. The van der Waals surface area contributed by atoms with Gasteiger partial charge in [-0.25, -0.2) is 4.98 Å². The molecule has 0 aliphatic carbocycles. The molecule has 0 spiro atoms. The van der Waals surface area contributed by atoms with E-state index in [-0.39, 0.29) is 18.4 Å². The molecule has 2 heterocycles. The predicted octanol–water partition coefficient (Wildman–Crippen LogP) is 2.86. The summed E-state index contributed by atoms with van der Waals surface area (Å²) in [6.45, 7) is 4.86. The van der Waals surface area contributed by atoms with Crippen molar-refractivity contribution in [1.29, 1.82) is 0 Å². The van der Waals surface area contributed by atoms with Crippen LogP contribution in [0.2, 0.25) is 0 Å². The molecule has 6 heteroatoms. The van der Waals surface area contributed by atoms with E-state index in [2.05, 4.69) is 18.0 Å². The Morgan fingerprint density at radius 3 is 2.79 bits per heavy atom. The number of benzene rings is 2. The fourth-order valence-electron chi connectivity index (χ4n) is 3.88. The second-order valence-corrected chi connectivity index (χ2v) is 7.13. The van der Waals surface area contributed by atoms with E-state index < -0.39 is 0 Å². The third-order valence-corrected chi connectivity index (χ3v) is 5.27. The number of hydrogen-bond donors (Lipinski definition) is 1. The van der Waals surface area contributed by atoms with Gasteiger partial charge in [0.25, 0.3) is 0 Å². The number of fused-ring (bicyclic) bond motifs is 2. The van der Waals surface area contributed by atoms with E-state index in [9.17, 15) is 9.59 Å². The highest BCUT2D eigenvalue weighted by atomic mass is 16.2. The molecule has 2 aromatic carbocycles. The number of hydrogen-bond acceptors (Lipinski definition) is 3. The number of carbonyl (C=O) groups is 2. The summed E-state index contributed by atoms with van der Waals surface area (Å²) in [6, 6.07) is 15.9. The average Bonchev–Trinajstić information content (AvgIpc) is 3.10. The number of amides is 2. The normalized spacial score (nSPS) is 13.2. The number of anilines is 1. The highest BCUT2D eigenvalue weighted by Gasteiger charge is 2.23. The predicted molar refractivity (Wildman–Crippen MR) is 114 cm³/mol. The van der Waals surface area contributed by atoms with Crippen molar-refractivity contribution < 1.29 is 9.59 Å². The maximum atomic E-state index is 13.2. The van der Waals surface area contributed by atoms with Gasteiger partial charge in [-0.05, 0) is 42.7 Å². The Morgan fingerprint density at radius 2 is 1.93 bits per heavy atom. The molecule has 6 nitrogen and oxygen atoms in total. The molecule has 4 rings (SSSR count). The van der Waals surface area contributed by atoms with Gasteiger partial charge in [-0.15, -0.1) is 0 Å². The number of aromatic nitrogens is 2. The van der Waals surface area contributed by atoms with Crippen LogP contribution in [-0.4, -0.2) is 34.5 Å². The fraction of sp³-hybridized carbons (Fsp3) is 0.261. The maximum Gasteiger partial charge on any atom is 0.246 e. The minimum absolute atomic E-state index is 0.0525. The van der Waals surface area contributed by atoms with Crippen LogP contribution in [0.25, 0.3) is 11.0 Å². The zero-order valence-corrected chi connectivity index (χ0v) is 16.3. The third kappa shape index (κ3) is 3.92. The average molecular weight is 388 g/mol. The molecule has 29 heavy (non-hydrogen) atoms. The first-order chi connectivity index (χ1) is 14.2. The fourth-order valence-corrected chi connectivity index (χ4v) is 3.88. The summed E-state index contributed by atoms with van der Waals surface area (Å²) in [4.78, 5) is 31.3. The standard InChI is InChI=1S/C23H24N4O2/c1-2-22(28)24-14-13-21-25-18-10-4-6-12-20(18)27(21)16-23(29)26-15-7-9-17-8-3-5-11-19(17)26/h2-6,8,10-12H,1,7,9,13-16H2,(H,24,28). The Labute approximate surface area is 169 Å². The van der Waals surface area contributed by atoms with E-state index in [1.165, 1.54) is 11.6 Å². The van der Waals surface area contributed by atoms with Crippen LogP contribution in [0.1, 0.15) is 17.8 Å². The summed E-state index contributed by atoms with van der Waals surface area (Å²) in [7, 11) is 0. The van der Waals surface area contributed by atoms with E-state index in [1.807, 2.05) is 51.9 Å². The first-order valence-electron chi connectivity index (χ1n) is 9.90. The van der Waals surface area contributed by atoms with Crippen LogP contribution in [0.3, 0.4) is 0 Å². The molecule has 0 saturated heterocycles. The van der Waals surface area contributed by atoms with Crippen LogP contribution in [0.4, 0.5) is 5.69 Å². The number of para-hydroxylation sites is 3. The molecule has 1 aliphatic heterocycles. The number of nitrogens with one attached hydrogen (secondary N) is 1. The molecule has 2 amide bonds. The van der Waals surface area contributed by atoms with Crippen LogP contribution in [0, 0.1) is 0 Å². The van der Waals surface area contributed by atoms with Crippen LogP contribution < -0.4 is 10.2 Å². The highest BCUT2D eigenvalue weighted by molar-refractivity contribution is 5.95. The van der Waals surface area contributed by atoms with E-state index in [0.717, 1.165) is 41.9 Å². The summed E-state index contributed by atoms with van der Waals surface area (Å²) in [5.74, 6) is 0.625. The molecule has 148 valence electrons.